The van der Waals surface area contributed by atoms with Gasteiger partial charge in [0.25, 0.3) is 0 Å². The van der Waals surface area contributed by atoms with Gasteiger partial charge in [0, 0.05) is 38.3 Å². The molecule has 0 radical (unpaired) electrons. The molecule has 12 aromatic rings. The maximum absolute atomic E-state index is 5.72. The number of nitrogens with zero attached hydrogens (tertiary/aromatic N) is 2. The monoisotopic (exact) mass is 1400 g/mol. The van der Waals surface area contributed by atoms with Gasteiger partial charge in [-0.2, -0.15) is 0 Å². The summed E-state index contributed by atoms with van der Waals surface area (Å²) in [5.41, 5.74) is 67.8. The van der Waals surface area contributed by atoms with Crippen molar-refractivity contribution >= 4 is 43.6 Å². The summed E-state index contributed by atoms with van der Waals surface area (Å²) >= 11 is 0. The lowest BCUT2D eigenvalue weighted by atomic mass is 9.70. The molecule has 2 heterocycles. The van der Waals surface area contributed by atoms with Crippen LogP contribution < -0.4 is 9.47 Å². The Morgan fingerprint density at radius 2 is 0.639 bits per heavy atom. The van der Waals surface area contributed by atoms with Crippen molar-refractivity contribution in [3.8, 4) is 78.5 Å². The largest absolute Gasteiger partial charge is 0.497 e. The number of fused-ring (bicyclic) bond motifs is 12. The minimum absolute atomic E-state index is 0.0301. The van der Waals surface area contributed by atoms with Crippen molar-refractivity contribution in [3.05, 3.63) is 346 Å². The molecule has 0 atom stereocenters. The Kier molecular flexibility index (Phi) is 22.8. The minimum Gasteiger partial charge on any atom is -0.497 e. The van der Waals surface area contributed by atoms with E-state index in [1.165, 1.54) is 154 Å². The molecular formula is C104H88N2O2. The Hall–Kier alpha value is -12.6. The summed E-state index contributed by atoms with van der Waals surface area (Å²) in [6, 6.07) is 77.0. The molecule has 526 valence electrons. The van der Waals surface area contributed by atoms with Crippen LogP contribution in [0.1, 0.15) is 152 Å². The van der Waals surface area contributed by atoms with Gasteiger partial charge in [0.1, 0.15) is 11.5 Å². The molecule has 2 aromatic heterocycles. The van der Waals surface area contributed by atoms with E-state index in [2.05, 4.69) is 322 Å². The van der Waals surface area contributed by atoms with Crippen LogP contribution in [0, 0.1) is 0 Å². The van der Waals surface area contributed by atoms with E-state index in [1.807, 2.05) is 24.3 Å². The average molecular weight is 1400 g/mol. The van der Waals surface area contributed by atoms with Crippen LogP contribution in [0.3, 0.4) is 0 Å². The van der Waals surface area contributed by atoms with E-state index in [1.54, 1.807) is 19.8 Å². The second-order valence-electron chi connectivity index (χ2n) is 28.4. The number of hydrogen-bond donors (Lipinski definition) is 0. The van der Waals surface area contributed by atoms with Crippen LogP contribution in [0.5, 0.6) is 11.5 Å². The third kappa shape index (κ3) is 14.9. The SMILES string of the molecule is C=C=C=C=C=C=C=C=C=CC1(C=C=C=C=C=C=C=C=C=C)c2ccccc2-c2ccc(-c3ccc4c(c3)c3cc(-c5ccc6c(c5)c5cc(-c7ccc8c(c7)C(CCCCCCCCCC)(CCCCCCCCCC)c7ccccc7-8)ccc5n6-c5ccc(OC)cc5)ccc3n4-c3ccc(OC)cc3)cc21. The highest BCUT2D eigenvalue weighted by molar-refractivity contribution is 6.14. The van der Waals surface area contributed by atoms with Gasteiger partial charge in [0.05, 0.1) is 41.7 Å². The molecule has 0 fully saturated rings. The predicted octanol–water partition coefficient (Wildman–Crippen LogP) is 27.3. The molecule has 4 heteroatoms. The van der Waals surface area contributed by atoms with E-state index in [0.717, 1.165) is 100 Å². The number of aromatic nitrogens is 2. The minimum atomic E-state index is -0.866. The van der Waals surface area contributed by atoms with Gasteiger partial charge in [-0.3, -0.25) is 0 Å². The normalized spacial score (nSPS) is 12.9. The summed E-state index contributed by atoms with van der Waals surface area (Å²) < 4.78 is 16.2. The molecule has 14 rings (SSSR count). The maximum Gasteiger partial charge on any atom is 0.119 e. The standard InChI is InChI=1S/C104H88N2O2/c1-7-11-15-19-23-27-31-39-67-103(68-40-32-28-24-20-16-12-8-2)95-45-37-35-43-87(95)89-61-47-81(75-97(89)103)79-51-65-101-93(73-79)91-71-77(49-63-99(91)105(101)83-53-57-85(107-5)58-54-83)78-50-64-100-92(72-78)94-74-80(52-66-102(94)106(100)84-55-59-86(108-6)60-56-84)82-48-62-90-88-44-36-38-46-96(88)104(98(90)76-82,69-41-33-29-25-21-17-13-9-3)70-42-34-30-26-22-18-14-10-4/h35-38,43-68,71-76H,1-2,9-10,13-14,17-18,21-22,25-26,29-30,33-34,41-42,69-70H2,3-6H3. The van der Waals surface area contributed by atoms with Crippen LogP contribution >= 0.6 is 0 Å². The number of rotatable bonds is 27. The first-order chi connectivity index (χ1) is 53.3. The third-order valence-electron chi connectivity index (χ3n) is 22.0. The molecule has 108 heavy (non-hydrogen) atoms. The van der Waals surface area contributed by atoms with E-state index < -0.39 is 5.41 Å². The molecule has 0 spiro atoms. The molecular weight excluding hydrogens is 1310 g/mol. The zero-order chi connectivity index (χ0) is 74.1. The average Bonchev–Trinajstić information content (AvgIpc) is 1.58. The molecule has 4 nitrogen and oxygen atoms in total. The van der Waals surface area contributed by atoms with Crippen LogP contribution in [-0.2, 0) is 10.8 Å². The van der Waals surface area contributed by atoms with Gasteiger partial charge >= 0.3 is 0 Å². The van der Waals surface area contributed by atoms with Gasteiger partial charge in [-0.05, 0) is 294 Å². The zero-order valence-corrected chi connectivity index (χ0v) is 62.6. The fourth-order valence-corrected chi connectivity index (χ4v) is 16.8. The molecule has 0 aliphatic heterocycles. The van der Waals surface area contributed by atoms with Gasteiger partial charge in [0.15, 0.2) is 0 Å². The summed E-state index contributed by atoms with van der Waals surface area (Å²) in [7, 11) is 3.44. The maximum atomic E-state index is 5.72. The van der Waals surface area contributed by atoms with Crippen LogP contribution in [0.25, 0.3) is 111 Å². The molecule has 0 N–H and O–H groups in total. The van der Waals surface area contributed by atoms with Crippen LogP contribution in [-0.4, -0.2) is 23.4 Å². The van der Waals surface area contributed by atoms with Crippen molar-refractivity contribution < 1.29 is 9.47 Å². The highest BCUT2D eigenvalue weighted by Crippen LogP contribution is 2.56. The lowest BCUT2D eigenvalue weighted by molar-refractivity contribution is 0.397. The van der Waals surface area contributed by atoms with E-state index in [0.29, 0.717) is 0 Å². The van der Waals surface area contributed by atoms with E-state index in [4.69, 9.17) is 9.47 Å². The molecule has 0 saturated heterocycles. The van der Waals surface area contributed by atoms with Crippen LogP contribution in [0.4, 0.5) is 0 Å². The number of ether oxygens (including phenoxy) is 2. The molecule has 2 aliphatic carbocycles. The molecule has 0 bridgehead atoms. The number of benzene rings is 10. The number of methoxy groups -OCH3 is 2. The van der Waals surface area contributed by atoms with Crippen molar-refractivity contribution in [3.63, 3.8) is 0 Å². The second kappa shape index (κ2) is 34.1. The summed E-state index contributed by atoms with van der Waals surface area (Å²) in [6.07, 6.45) is 27.4. The van der Waals surface area contributed by atoms with Gasteiger partial charge < -0.3 is 18.6 Å². The van der Waals surface area contributed by atoms with Crippen molar-refractivity contribution in [1.29, 1.82) is 0 Å². The summed E-state index contributed by atoms with van der Waals surface area (Å²) in [6.45, 7) is 11.7. The Morgan fingerprint density at radius 3 is 1.05 bits per heavy atom. The molecule has 2 aliphatic rings. The lowest BCUT2D eigenvalue weighted by Crippen LogP contribution is -2.25. The Bertz CT molecular complexity index is 6020. The number of unbranched alkanes of at least 4 members (excludes halogenated alkanes) is 14. The Morgan fingerprint density at radius 1 is 0.315 bits per heavy atom. The Labute approximate surface area is 636 Å². The van der Waals surface area contributed by atoms with Gasteiger partial charge in [-0.15, -0.1) is 0 Å². The van der Waals surface area contributed by atoms with Gasteiger partial charge in [0.2, 0.25) is 0 Å². The molecule has 10 aromatic carbocycles. The topological polar surface area (TPSA) is 28.3 Å². The fourth-order valence-electron chi connectivity index (χ4n) is 16.8. The van der Waals surface area contributed by atoms with Crippen molar-refractivity contribution in [2.75, 3.05) is 14.2 Å². The highest BCUT2D eigenvalue weighted by atomic mass is 16.5. The van der Waals surface area contributed by atoms with Crippen LogP contribution in [0.2, 0.25) is 0 Å². The second-order valence-corrected chi connectivity index (χ2v) is 28.4. The molecule has 0 unspecified atom stereocenters. The summed E-state index contributed by atoms with van der Waals surface area (Å²) in [5.74, 6) is 1.62. The first kappa shape index (κ1) is 72.3. The predicted molar refractivity (Wildman–Crippen MR) is 448 cm³/mol. The van der Waals surface area contributed by atoms with Crippen molar-refractivity contribution in [1.82, 2.24) is 9.13 Å². The summed E-state index contributed by atoms with van der Waals surface area (Å²) in [4.78, 5) is 0. The van der Waals surface area contributed by atoms with Crippen molar-refractivity contribution in [2.24, 2.45) is 0 Å². The number of allylic oxidation sites excluding steroid dienone is 2. The van der Waals surface area contributed by atoms with Gasteiger partial charge in [-0.1, -0.05) is 237 Å². The lowest BCUT2D eigenvalue weighted by Gasteiger charge is -2.33. The Balaban J connectivity index is 0.900. The smallest absolute Gasteiger partial charge is 0.119 e. The molecule has 0 saturated carbocycles. The van der Waals surface area contributed by atoms with Crippen LogP contribution in [0.15, 0.2) is 323 Å². The van der Waals surface area contributed by atoms with E-state index in [9.17, 15) is 0 Å². The quantitative estimate of drug-likeness (QED) is 0.0379. The summed E-state index contributed by atoms with van der Waals surface area (Å²) in [5, 5.41) is 4.64. The highest BCUT2D eigenvalue weighted by Gasteiger charge is 2.43. The van der Waals surface area contributed by atoms with E-state index in [-0.39, 0.29) is 5.41 Å². The fraction of sp³-hybridized carbons (Fsp3) is 0.231. The first-order valence-electron chi connectivity index (χ1n) is 38.5. The zero-order valence-electron chi connectivity index (χ0n) is 62.6. The van der Waals surface area contributed by atoms with Crippen molar-refractivity contribution in [2.45, 2.75) is 140 Å². The first-order valence-corrected chi connectivity index (χ1v) is 38.5. The van der Waals surface area contributed by atoms with E-state index >= 15 is 0 Å². The molecule has 0 amide bonds. The number of hydrogen-bond acceptors (Lipinski definition) is 2. The van der Waals surface area contributed by atoms with Gasteiger partial charge in [-0.25, -0.2) is 0 Å². The third-order valence-corrected chi connectivity index (χ3v) is 22.0.